The lowest BCUT2D eigenvalue weighted by Gasteiger charge is -2.23. The van der Waals surface area contributed by atoms with Crippen molar-refractivity contribution >= 4 is 17.0 Å². The van der Waals surface area contributed by atoms with Gasteiger partial charge in [0.05, 0.1) is 12.9 Å². The molecule has 1 saturated heterocycles. The molecule has 0 amide bonds. The number of aliphatic hydroxyl groups excluding tert-OH is 2. The van der Waals surface area contributed by atoms with Crippen LogP contribution in [0.2, 0.25) is 0 Å². The number of hydrogen-bond acceptors (Lipinski definition) is 8. The number of nitrogen functional groups attached to an aromatic ring is 1. The first-order valence-corrected chi connectivity index (χ1v) is 6.14. The number of alkyl halides is 1. The predicted molar refractivity (Wildman–Crippen MR) is 69.7 cm³/mol. The summed E-state index contributed by atoms with van der Waals surface area (Å²) in [6.07, 6.45) is -2.85. The highest BCUT2D eigenvalue weighted by molar-refractivity contribution is 5.81. The average Bonchev–Trinajstić information content (AvgIpc) is 3.04. The Kier molecular flexibility index (Phi) is 3.30. The Morgan fingerprint density at radius 1 is 1.55 bits per heavy atom. The number of rotatable bonds is 3. The molecule has 0 spiro atoms. The molecule has 1 aliphatic rings. The zero-order valence-corrected chi connectivity index (χ0v) is 11.0. The molecule has 2 aromatic rings. The molecular formula is C10H11FN8O3. The molecule has 0 saturated carbocycles. The normalized spacial score (nSPS) is 31.3. The van der Waals surface area contributed by atoms with E-state index in [0.717, 1.165) is 0 Å². The fourth-order valence-corrected chi connectivity index (χ4v) is 2.34. The molecule has 22 heavy (non-hydrogen) atoms. The van der Waals surface area contributed by atoms with E-state index < -0.39 is 30.8 Å². The van der Waals surface area contributed by atoms with Crippen molar-refractivity contribution in [3.05, 3.63) is 23.1 Å². The van der Waals surface area contributed by atoms with Gasteiger partial charge >= 0.3 is 0 Å². The first-order chi connectivity index (χ1) is 10.5. The summed E-state index contributed by atoms with van der Waals surface area (Å²) in [7, 11) is 0. The van der Waals surface area contributed by atoms with E-state index in [-0.39, 0.29) is 17.0 Å². The molecule has 0 aromatic carbocycles. The van der Waals surface area contributed by atoms with E-state index in [0.29, 0.717) is 0 Å². The van der Waals surface area contributed by atoms with Crippen molar-refractivity contribution in [1.82, 2.24) is 19.5 Å². The van der Waals surface area contributed by atoms with Crippen molar-refractivity contribution in [3.63, 3.8) is 0 Å². The van der Waals surface area contributed by atoms with Crippen LogP contribution in [0.4, 0.5) is 10.2 Å². The highest BCUT2D eigenvalue weighted by Crippen LogP contribution is 2.41. The van der Waals surface area contributed by atoms with Crippen LogP contribution >= 0.6 is 0 Å². The second-order valence-electron chi connectivity index (χ2n) is 4.67. The van der Waals surface area contributed by atoms with Crippen LogP contribution in [0.3, 0.4) is 0 Å². The van der Waals surface area contributed by atoms with Crippen LogP contribution in [-0.2, 0) is 4.74 Å². The van der Waals surface area contributed by atoms with Gasteiger partial charge in [-0.15, -0.1) is 0 Å². The highest BCUT2D eigenvalue weighted by atomic mass is 19.1. The van der Waals surface area contributed by atoms with Crippen LogP contribution < -0.4 is 5.73 Å². The van der Waals surface area contributed by atoms with Gasteiger partial charge in [-0.3, -0.25) is 4.57 Å². The molecular weight excluding hydrogens is 299 g/mol. The number of azide groups is 1. The van der Waals surface area contributed by atoms with Crippen molar-refractivity contribution < 1.29 is 19.3 Å². The van der Waals surface area contributed by atoms with E-state index in [1.54, 1.807) is 0 Å². The third-order valence-corrected chi connectivity index (χ3v) is 3.46. The zero-order valence-electron chi connectivity index (χ0n) is 11.0. The molecule has 3 rings (SSSR count). The monoisotopic (exact) mass is 310 g/mol. The van der Waals surface area contributed by atoms with Gasteiger partial charge in [-0.2, -0.15) is 0 Å². The average molecular weight is 310 g/mol. The Bertz CT molecular complexity index is 762. The Morgan fingerprint density at radius 3 is 3.00 bits per heavy atom. The van der Waals surface area contributed by atoms with E-state index in [9.17, 15) is 14.6 Å². The lowest BCUT2D eigenvalue weighted by Crippen LogP contribution is -2.43. The van der Waals surface area contributed by atoms with Gasteiger partial charge in [0.25, 0.3) is 0 Å². The maximum Gasteiger partial charge on any atom is 0.201 e. The molecule has 0 aliphatic carbocycles. The minimum absolute atomic E-state index is 0.0983. The van der Waals surface area contributed by atoms with E-state index >= 15 is 0 Å². The summed E-state index contributed by atoms with van der Waals surface area (Å²) in [6, 6.07) is 0. The van der Waals surface area contributed by atoms with Crippen molar-refractivity contribution in [3.8, 4) is 0 Å². The minimum Gasteiger partial charge on any atom is -0.393 e. The summed E-state index contributed by atoms with van der Waals surface area (Å²) in [4.78, 5) is 14.1. The summed E-state index contributed by atoms with van der Waals surface area (Å²) in [5.74, 6) is 0.0983. The molecule has 1 unspecified atom stereocenters. The Morgan fingerprint density at radius 2 is 2.32 bits per heavy atom. The quantitative estimate of drug-likeness (QED) is 0.395. The minimum atomic E-state index is -2.12. The van der Waals surface area contributed by atoms with Crippen molar-refractivity contribution in [2.45, 2.75) is 24.2 Å². The van der Waals surface area contributed by atoms with E-state index in [1.165, 1.54) is 17.2 Å². The van der Waals surface area contributed by atoms with Gasteiger partial charge in [-0.05, 0) is 5.53 Å². The summed E-state index contributed by atoms with van der Waals surface area (Å²) in [5.41, 5.74) is 12.5. The Hall–Kier alpha value is -2.53. The third kappa shape index (κ3) is 1.86. The molecule has 0 radical (unpaired) electrons. The number of imidazole rings is 1. The number of aromatic nitrogens is 4. The first-order valence-electron chi connectivity index (χ1n) is 6.14. The lowest BCUT2D eigenvalue weighted by molar-refractivity contribution is -0.122. The molecule has 2 aromatic heterocycles. The van der Waals surface area contributed by atoms with Crippen LogP contribution in [-0.4, -0.2) is 54.3 Å². The zero-order chi connectivity index (χ0) is 15.9. The van der Waals surface area contributed by atoms with Crippen molar-refractivity contribution in [2.24, 2.45) is 5.11 Å². The molecule has 0 bridgehead atoms. The maximum absolute atomic E-state index is 14.4. The largest absolute Gasteiger partial charge is 0.393 e. The van der Waals surface area contributed by atoms with Crippen LogP contribution in [0.1, 0.15) is 6.23 Å². The van der Waals surface area contributed by atoms with E-state index in [2.05, 4.69) is 25.0 Å². The second-order valence-corrected chi connectivity index (χ2v) is 4.67. The fourth-order valence-electron chi connectivity index (χ4n) is 2.34. The fraction of sp³-hybridized carbons (Fsp3) is 0.500. The summed E-state index contributed by atoms with van der Waals surface area (Å²) < 4.78 is 20.9. The molecule has 1 fully saturated rings. The van der Waals surface area contributed by atoms with Gasteiger partial charge in [-0.25, -0.2) is 19.3 Å². The molecule has 4 atom stereocenters. The SMILES string of the molecule is [N-]=[N+]=N[C@]1(CO)OC(n2cnc3c(N)ncnc32)[C@@H](F)[C@@H]1O. The summed E-state index contributed by atoms with van der Waals surface area (Å²) >= 11 is 0. The van der Waals surface area contributed by atoms with Gasteiger partial charge in [0.1, 0.15) is 17.9 Å². The number of anilines is 1. The molecule has 3 heterocycles. The first kappa shape index (κ1) is 14.4. The van der Waals surface area contributed by atoms with Gasteiger partial charge < -0.3 is 20.7 Å². The van der Waals surface area contributed by atoms with Gasteiger partial charge in [0.2, 0.25) is 5.72 Å². The van der Waals surface area contributed by atoms with Crippen LogP contribution in [0.5, 0.6) is 0 Å². The second kappa shape index (κ2) is 5.03. The predicted octanol–water partition coefficient (Wildman–Crippen LogP) is -0.365. The number of hydrogen-bond donors (Lipinski definition) is 3. The number of ether oxygens (including phenoxy) is 1. The Labute approximate surface area is 121 Å². The summed E-state index contributed by atoms with van der Waals surface area (Å²) in [5, 5.41) is 22.4. The van der Waals surface area contributed by atoms with Crippen LogP contribution in [0.15, 0.2) is 17.8 Å². The smallest absolute Gasteiger partial charge is 0.201 e. The topological polar surface area (TPSA) is 168 Å². The van der Waals surface area contributed by atoms with Crippen molar-refractivity contribution in [2.75, 3.05) is 12.3 Å². The van der Waals surface area contributed by atoms with Crippen LogP contribution in [0.25, 0.3) is 21.6 Å². The number of fused-ring (bicyclic) bond motifs is 1. The van der Waals surface area contributed by atoms with E-state index in [1.807, 2.05) is 0 Å². The number of halogens is 1. The van der Waals surface area contributed by atoms with Crippen molar-refractivity contribution in [1.29, 1.82) is 0 Å². The highest BCUT2D eigenvalue weighted by Gasteiger charge is 2.56. The lowest BCUT2D eigenvalue weighted by atomic mass is 10.1. The molecule has 116 valence electrons. The maximum atomic E-state index is 14.4. The molecule has 1 aliphatic heterocycles. The van der Waals surface area contributed by atoms with Crippen LogP contribution in [0, 0.1) is 0 Å². The molecule has 11 nitrogen and oxygen atoms in total. The van der Waals surface area contributed by atoms with Gasteiger partial charge in [0.15, 0.2) is 23.9 Å². The van der Waals surface area contributed by atoms with Gasteiger partial charge in [0, 0.05) is 4.91 Å². The molecule has 12 heteroatoms. The number of aliphatic hydroxyl groups is 2. The molecule has 4 N–H and O–H groups in total. The van der Waals surface area contributed by atoms with E-state index in [4.69, 9.17) is 16.0 Å². The Balaban J connectivity index is 2.08. The van der Waals surface area contributed by atoms with Gasteiger partial charge in [-0.1, -0.05) is 5.11 Å². The standard InChI is InChI=1S/C10H11FN8O3/c11-4-6(21)10(1-20,17-18-13)22-9(4)19-3-16-5-7(12)14-2-15-8(5)19/h2-4,6,9,20-21H,1H2,(H2,12,14,15)/t4-,6-,9?,10+/m0/s1. The third-order valence-electron chi connectivity index (χ3n) is 3.46. The summed E-state index contributed by atoms with van der Waals surface area (Å²) in [6.45, 7) is -0.890. The number of nitrogens with zero attached hydrogens (tertiary/aromatic N) is 7. The number of nitrogens with two attached hydrogens (primary N) is 1.